The third-order valence-corrected chi connectivity index (χ3v) is 4.25. The molecule has 1 atom stereocenters. The van der Waals surface area contributed by atoms with Gasteiger partial charge in [0.25, 0.3) is 0 Å². The quantitative estimate of drug-likeness (QED) is 0.889. The molecular formula is C17H21F2N3O. The fourth-order valence-electron chi connectivity index (χ4n) is 3.09. The van der Waals surface area contributed by atoms with E-state index in [4.69, 9.17) is 4.74 Å². The van der Waals surface area contributed by atoms with E-state index in [0.717, 1.165) is 30.0 Å². The van der Waals surface area contributed by atoms with Crippen molar-refractivity contribution in [2.45, 2.75) is 38.4 Å². The molecule has 0 spiro atoms. The van der Waals surface area contributed by atoms with E-state index in [-0.39, 0.29) is 6.04 Å². The van der Waals surface area contributed by atoms with Crippen LogP contribution in [0.4, 0.5) is 8.78 Å². The molecule has 0 saturated carbocycles. The lowest BCUT2D eigenvalue weighted by atomic mass is 9.87. The zero-order valence-corrected chi connectivity index (χ0v) is 13.2. The first-order chi connectivity index (χ1) is 11.2. The number of ether oxygens (including phenoxy) is 1. The van der Waals surface area contributed by atoms with Crippen LogP contribution in [0.25, 0.3) is 0 Å². The van der Waals surface area contributed by atoms with E-state index < -0.39 is 11.6 Å². The van der Waals surface area contributed by atoms with E-state index in [1.54, 1.807) is 13.3 Å². The highest BCUT2D eigenvalue weighted by molar-refractivity contribution is 5.34. The van der Waals surface area contributed by atoms with Crippen LogP contribution in [0.2, 0.25) is 0 Å². The second kappa shape index (κ2) is 7.19. The van der Waals surface area contributed by atoms with Crippen LogP contribution in [0.15, 0.2) is 24.5 Å². The number of benzene rings is 1. The first kappa shape index (κ1) is 16.1. The summed E-state index contributed by atoms with van der Waals surface area (Å²) in [7, 11) is 1.66. The number of nitrogens with zero attached hydrogens (tertiary/aromatic N) is 2. The Balaban J connectivity index is 1.67. The van der Waals surface area contributed by atoms with E-state index >= 15 is 0 Å². The first-order valence-corrected chi connectivity index (χ1v) is 7.89. The Bertz CT molecular complexity index is 672. The number of halogens is 2. The molecule has 1 aromatic carbocycles. The summed E-state index contributed by atoms with van der Waals surface area (Å²) in [6.45, 7) is 1.94. The van der Waals surface area contributed by atoms with E-state index in [1.807, 2.05) is 10.9 Å². The van der Waals surface area contributed by atoms with Crippen LogP contribution in [-0.4, -0.2) is 23.5 Å². The third kappa shape index (κ3) is 3.76. The molecule has 0 amide bonds. The molecule has 23 heavy (non-hydrogen) atoms. The van der Waals surface area contributed by atoms with Crippen molar-refractivity contribution < 1.29 is 13.5 Å². The fraction of sp³-hybridized carbons (Fsp3) is 0.471. The number of nitrogens with one attached hydrogen (secondary N) is 1. The SMILES string of the molecule is COCCn1cc(CN[C@@H]2CCCc3c(F)cc(F)cc32)cn1. The van der Waals surface area contributed by atoms with Crippen molar-refractivity contribution in [2.24, 2.45) is 0 Å². The highest BCUT2D eigenvalue weighted by atomic mass is 19.1. The molecule has 0 saturated heterocycles. The predicted molar refractivity (Wildman–Crippen MR) is 83.0 cm³/mol. The second-order valence-electron chi connectivity index (χ2n) is 5.89. The summed E-state index contributed by atoms with van der Waals surface area (Å²) in [5.74, 6) is -0.943. The Morgan fingerprint density at radius 3 is 3.09 bits per heavy atom. The second-order valence-corrected chi connectivity index (χ2v) is 5.89. The Kier molecular flexibility index (Phi) is 5.03. The summed E-state index contributed by atoms with van der Waals surface area (Å²) >= 11 is 0. The molecule has 0 unspecified atom stereocenters. The van der Waals surface area contributed by atoms with E-state index in [0.29, 0.717) is 31.7 Å². The first-order valence-electron chi connectivity index (χ1n) is 7.89. The van der Waals surface area contributed by atoms with Gasteiger partial charge in [0.2, 0.25) is 0 Å². The fourth-order valence-corrected chi connectivity index (χ4v) is 3.09. The molecular weight excluding hydrogens is 300 g/mol. The monoisotopic (exact) mass is 321 g/mol. The van der Waals surface area contributed by atoms with Gasteiger partial charge < -0.3 is 10.1 Å². The normalized spacial score (nSPS) is 17.3. The molecule has 0 aliphatic heterocycles. The molecule has 1 aliphatic rings. The lowest BCUT2D eigenvalue weighted by Crippen LogP contribution is -2.25. The van der Waals surface area contributed by atoms with Gasteiger partial charge in [-0.25, -0.2) is 8.78 Å². The molecule has 1 aliphatic carbocycles. The molecule has 6 heteroatoms. The van der Waals surface area contributed by atoms with Gasteiger partial charge >= 0.3 is 0 Å². The zero-order valence-electron chi connectivity index (χ0n) is 13.2. The molecule has 3 rings (SSSR count). The van der Waals surface area contributed by atoms with Crippen LogP contribution < -0.4 is 5.32 Å². The van der Waals surface area contributed by atoms with E-state index in [2.05, 4.69) is 10.4 Å². The van der Waals surface area contributed by atoms with Crippen molar-refractivity contribution in [3.8, 4) is 0 Å². The van der Waals surface area contributed by atoms with Crippen LogP contribution in [0.3, 0.4) is 0 Å². The smallest absolute Gasteiger partial charge is 0.129 e. The lowest BCUT2D eigenvalue weighted by Gasteiger charge is -2.26. The minimum Gasteiger partial charge on any atom is -0.383 e. The molecule has 1 aromatic heterocycles. The standard InChI is InChI=1S/C17H21F2N3O/c1-23-6-5-22-11-12(10-21-22)9-20-17-4-2-3-14-15(17)7-13(18)8-16(14)19/h7-8,10-11,17,20H,2-6,9H2,1H3/t17-/m1/s1. The minimum absolute atomic E-state index is 0.0220. The number of rotatable bonds is 6. The topological polar surface area (TPSA) is 39.1 Å². The van der Waals surface area contributed by atoms with Crippen molar-refractivity contribution in [1.29, 1.82) is 0 Å². The molecule has 124 valence electrons. The summed E-state index contributed by atoms with van der Waals surface area (Å²) < 4.78 is 34.3. The van der Waals surface area contributed by atoms with Gasteiger partial charge in [0.1, 0.15) is 11.6 Å². The summed E-state index contributed by atoms with van der Waals surface area (Å²) in [6.07, 6.45) is 6.23. The average Bonchev–Trinajstić information content (AvgIpc) is 2.99. The molecule has 2 aromatic rings. The molecule has 0 bridgehead atoms. The van der Waals surface area contributed by atoms with Crippen LogP contribution in [0.5, 0.6) is 0 Å². The number of methoxy groups -OCH3 is 1. The van der Waals surface area contributed by atoms with Crippen LogP contribution >= 0.6 is 0 Å². The Morgan fingerprint density at radius 2 is 2.26 bits per heavy atom. The van der Waals surface area contributed by atoms with E-state index in [9.17, 15) is 8.78 Å². The predicted octanol–water partition coefficient (Wildman–Crippen LogP) is 2.97. The van der Waals surface area contributed by atoms with Crippen molar-refractivity contribution in [1.82, 2.24) is 15.1 Å². The Morgan fingerprint density at radius 1 is 1.39 bits per heavy atom. The number of fused-ring (bicyclic) bond motifs is 1. The van der Waals surface area contributed by atoms with E-state index in [1.165, 1.54) is 6.07 Å². The maximum Gasteiger partial charge on any atom is 0.129 e. The van der Waals surface area contributed by atoms with Crippen molar-refractivity contribution >= 4 is 0 Å². The highest BCUT2D eigenvalue weighted by Crippen LogP contribution is 2.32. The van der Waals surface area contributed by atoms with Crippen LogP contribution in [0.1, 0.15) is 35.6 Å². The summed E-state index contributed by atoms with van der Waals surface area (Å²) in [5, 5.41) is 7.67. The maximum atomic E-state index is 13.9. The summed E-state index contributed by atoms with van der Waals surface area (Å²) in [4.78, 5) is 0. The molecule has 1 N–H and O–H groups in total. The number of hydrogen-bond acceptors (Lipinski definition) is 3. The average molecular weight is 321 g/mol. The maximum absolute atomic E-state index is 13.9. The van der Waals surface area contributed by atoms with Gasteiger partial charge in [-0.3, -0.25) is 4.68 Å². The molecule has 0 radical (unpaired) electrons. The van der Waals surface area contributed by atoms with Gasteiger partial charge in [0.15, 0.2) is 0 Å². The van der Waals surface area contributed by atoms with Crippen molar-refractivity contribution in [3.63, 3.8) is 0 Å². The van der Waals surface area contributed by atoms with Gasteiger partial charge in [-0.1, -0.05) is 0 Å². The molecule has 4 nitrogen and oxygen atoms in total. The molecule has 1 heterocycles. The minimum atomic E-state index is -0.512. The van der Waals surface area contributed by atoms with Gasteiger partial charge in [-0.15, -0.1) is 0 Å². The Hall–Kier alpha value is -1.79. The Labute approximate surface area is 134 Å². The van der Waals surface area contributed by atoms with Gasteiger partial charge in [0, 0.05) is 37.5 Å². The highest BCUT2D eigenvalue weighted by Gasteiger charge is 2.23. The van der Waals surface area contributed by atoms with Crippen LogP contribution in [0, 0.1) is 11.6 Å². The van der Waals surface area contributed by atoms with Crippen molar-refractivity contribution in [3.05, 3.63) is 52.9 Å². The van der Waals surface area contributed by atoms with Gasteiger partial charge in [0.05, 0.1) is 19.3 Å². The zero-order chi connectivity index (χ0) is 16.2. The largest absolute Gasteiger partial charge is 0.383 e. The number of aromatic nitrogens is 2. The van der Waals surface area contributed by atoms with Crippen molar-refractivity contribution in [2.75, 3.05) is 13.7 Å². The van der Waals surface area contributed by atoms with Gasteiger partial charge in [-0.2, -0.15) is 5.10 Å². The molecule has 0 fully saturated rings. The summed E-state index contributed by atoms with van der Waals surface area (Å²) in [5.41, 5.74) is 2.44. The third-order valence-electron chi connectivity index (χ3n) is 4.25. The number of hydrogen-bond donors (Lipinski definition) is 1. The van der Waals surface area contributed by atoms with Crippen LogP contribution in [-0.2, 0) is 24.2 Å². The van der Waals surface area contributed by atoms with Gasteiger partial charge in [-0.05, 0) is 36.5 Å². The lowest BCUT2D eigenvalue weighted by molar-refractivity contribution is 0.183. The summed E-state index contributed by atoms with van der Waals surface area (Å²) in [6, 6.07) is 2.41.